The van der Waals surface area contributed by atoms with Gasteiger partial charge in [-0.1, -0.05) is 12.1 Å². The van der Waals surface area contributed by atoms with Crippen LogP contribution in [0.4, 0.5) is 4.39 Å². The number of methoxy groups -OCH3 is 1. The minimum Gasteiger partial charge on any atom is -0.494 e. The second-order valence-electron chi connectivity index (χ2n) is 4.77. The standard InChI is InChI=1S/C14H20FNO2/c1-17-13-6-2-4-10(14(13)15)8-11(16)9-12-5-3-7-18-12/h2,4,6,11-12H,3,5,7-9,16H2,1H3. The summed E-state index contributed by atoms with van der Waals surface area (Å²) in [6.45, 7) is 0.824. The molecule has 3 nitrogen and oxygen atoms in total. The van der Waals surface area contributed by atoms with Crippen molar-refractivity contribution in [3.8, 4) is 5.75 Å². The number of nitrogens with two attached hydrogens (primary N) is 1. The molecule has 4 heteroatoms. The lowest BCUT2D eigenvalue weighted by atomic mass is 9.99. The first kappa shape index (κ1) is 13.3. The van der Waals surface area contributed by atoms with Crippen LogP contribution in [0.25, 0.3) is 0 Å². The number of halogens is 1. The lowest BCUT2D eigenvalue weighted by molar-refractivity contribution is 0.0982. The van der Waals surface area contributed by atoms with E-state index in [4.69, 9.17) is 15.2 Å². The fourth-order valence-electron chi connectivity index (χ4n) is 2.41. The summed E-state index contributed by atoms with van der Waals surface area (Å²) in [5, 5.41) is 0. The maximum absolute atomic E-state index is 13.9. The van der Waals surface area contributed by atoms with Crippen molar-refractivity contribution in [1.29, 1.82) is 0 Å². The van der Waals surface area contributed by atoms with Crippen molar-refractivity contribution in [2.75, 3.05) is 13.7 Å². The highest BCUT2D eigenvalue weighted by Gasteiger charge is 2.20. The van der Waals surface area contributed by atoms with Gasteiger partial charge < -0.3 is 15.2 Å². The zero-order valence-electron chi connectivity index (χ0n) is 10.7. The first-order valence-corrected chi connectivity index (χ1v) is 6.39. The molecule has 1 aromatic carbocycles. The Morgan fingerprint density at radius 3 is 3.06 bits per heavy atom. The lowest BCUT2D eigenvalue weighted by Gasteiger charge is -2.17. The Morgan fingerprint density at radius 2 is 2.39 bits per heavy atom. The van der Waals surface area contributed by atoms with Gasteiger partial charge in [0.15, 0.2) is 11.6 Å². The molecule has 1 aliphatic rings. The highest BCUT2D eigenvalue weighted by Crippen LogP contribution is 2.23. The monoisotopic (exact) mass is 253 g/mol. The Hall–Kier alpha value is -1.13. The fraction of sp³-hybridized carbons (Fsp3) is 0.571. The van der Waals surface area contributed by atoms with Crippen LogP contribution in [-0.2, 0) is 11.2 Å². The molecule has 0 spiro atoms. The van der Waals surface area contributed by atoms with Gasteiger partial charge in [0.2, 0.25) is 0 Å². The first-order chi connectivity index (χ1) is 8.70. The quantitative estimate of drug-likeness (QED) is 0.875. The van der Waals surface area contributed by atoms with Crippen molar-refractivity contribution >= 4 is 0 Å². The molecular weight excluding hydrogens is 233 g/mol. The number of ether oxygens (including phenoxy) is 2. The summed E-state index contributed by atoms with van der Waals surface area (Å²) < 4.78 is 24.4. The van der Waals surface area contributed by atoms with Gasteiger partial charge in [-0.3, -0.25) is 0 Å². The summed E-state index contributed by atoms with van der Waals surface area (Å²) in [6.07, 6.45) is 3.72. The van der Waals surface area contributed by atoms with Gasteiger partial charge in [-0.05, 0) is 37.3 Å². The predicted octanol–water partition coefficient (Wildman–Crippen LogP) is 2.27. The Bertz CT molecular complexity index is 391. The zero-order chi connectivity index (χ0) is 13.0. The summed E-state index contributed by atoms with van der Waals surface area (Å²) in [5.74, 6) is -0.0281. The second kappa shape index (κ2) is 6.16. The van der Waals surface area contributed by atoms with E-state index in [1.165, 1.54) is 7.11 Å². The third-order valence-electron chi connectivity index (χ3n) is 3.33. The number of hydrogen-bond donors (Lipinski definition) is 1. The molecule has 0 amide bonds. The molecule has 2 rings (SSSR count). The zero-order valence-corrected chi connectivity index (χ0v) is 10.7. The van der Waals surface area contributed by atoms with Gasteiger partial charge in [0.05, 0.1) is 13.2 Å². The van der Waals surface area contributed by atoms with Crippen LogP contribution in [-0.4, -0.2) is 25.9 Å². The van der Waals surface area contributed by atoms with Crippen molar-refractivity contribution in [3.63, 3.8) is 0 Å². The molecule has 0 aromatic heterocycles. The van der Waals surface area contributed by atoms with E-state index in [2.05, 4.69) is 0 Å². The largest absolute Gasteiger partial charge is 0.494 e. The van der Waals surface area contributed by atoms with E-state index in [0.29, 0.717) is 12.0 Å². The molecular formula is C14H20FNO2. The molecule has 100 valence electrons. The van der Waals surface area contributed by atoms with Gasteiger partial charge in [-0.2, -0.15) is 0 Å². The van der Waals surface area contributed by atoms with E-state index < -0.39 is 0 Å². The lowest BCUT2D eigenvalue weighted by Crippen LogP contribution is -2.28. The van der Waals surface area contributed by atoms with Gasteiger partial charge in [0.25, 0.3) is 0 Å². The van der Waals surface area contributed by atoms with Crippen molar-refractivity contribution in [3.05, 3.63) is 29.6 Å². The van der Waals surface area contributed by atoms with E-state index in [-0.39, 0.29) is 23.7 Å². The van der Waals surface area contributed by atoms with Gasteiger partial charge in [0, 0.05) is 12.6 Å². The van der Waals surface area contributed by atoms with Crippen LogP contribution >= 0.6 is 0 Å². The maximum Gasteiger partial charge on any atom is 0.168 e. The molecule has 0 aliphatic carbocycles. The highest BCUT2D eigenvalue weighted by molar-refractivity contribution is 5.31. The Labute approximate surface area is 107 Å². The highest BCUT2D eigenvalue weighted by atomic mass is 19.1. The third kappa shape index (κ3) is 3.21. The summed E-state index contributed by atoms with van der Waals surface area (Å²) in [4.78, 5) is 0. The van der Waals surface area contributed by atoms with E-state index in [9.17, 15) is 4.39 Å². The molecule has 0 bridgehead atoms. The van der Waals surface area contributed by atoms with Gasteiger partial charge in [-0.15, -0.1) is 0 Å². The SMILES string of the molecule is COc1cccc(CC(N)CC2CCCO2)c1F. The normalized spacial score (nSPS) is 20.9. The van der Waals surface area contributed by atoms with Crippen molar-refractivity contribution in [2.45, 2.75) is 37.8 Å². The van der Waals surface area contributed by atoms with Crippen LogP contribution in [0, 0.1) is 5.82 Å². The molecule has 18 heavy (non-hydrogen) atoms. The van der Waals surface area contributed by atoms with Gasteiger partial charge in [-0.25, -0.2) is 4.39 Å². The van der Waals surface area contributed by atoms with E-state index >= 15 is 0 Å². The average molecular weight is 253 g/mol. The first-order valence-electron chi connectivity index (χ1n) is 6.39. The van der Waals surface area contributed by atoms with E-state index in [0.717, 1.165) is 25.9 Å². The van der Waals surface area contributed by atoms with Crippen LogP contribution in [0.3, 0.4) is 0 Å². The Balaban J connectivity index is 1.95. The number of benzene rings is 1. The van der Waals surface area contributed by atoms with E-state index in [1.807, 2.05) is 0 Å². The van der Waals surface area contributed by atoms with Gasteiger partial charge >= 0.3 is 0 Å². The Morgan fingerprint density at radius 1 is 1.56 bits per heavy atom. The van der Waals surface area contributed by atoms with Crippen molar-refractivity contribution in [2.24, 2.45) is 5.73 Å². The smallest absolute Gasteiger partial charge is 0.168 e. The molecule has 1 heterocycles. The summed E-state index contributed by atoms with van der Waals surface area (Å²) in [5.41, 5.74) is 6.67. The van der Waals surface area contributed by atoms with Crippen molar-refractivity contribution < 1.29 is 13.9 Å². The van der Waals surface area contributed by atoms with Crippen LogP contribution in [0.5, 0.6) is 5.75 Å². The maximum atomic E-state index is 13.9. The summed E-state index contributed by atoms with van der Waals surface area (Å²) in [6, 6.07) is 5.09. The van der Waals surface area contributed by atoms with Crippen LogP contribution in [0.2, 0.25) is 0 Å². The third-order valence-corrected chi connectivity index (χ3v) is 3.33. The topological polar surface area (TPSA) is 44.5 Å². The molecule has 1 aromatic rings. The Kier molecular flexibility index (Phi) is 4.55. The fourth-order valence-corrected chi connectivity index (χ4v) is 2.41. The van der Waals surface area contributed by atoms with Gasteiger partial charge in [0.1, 0.15) is 0 Å². The van der Waals surface area contributed by atoms with E-state index in [1.54, 1.807) is 18.2 Å². The van der Waals surface area contributed by atoms with Crippen LogP contribution < -0.4 is 10.5 Å². The van der Waals surface area contributed by atoms with Crippen LogP contribution in [0.1, 0.15) is 24.8 Å². The minimum atomic E-state index is -0.303. The number of hydrogen-bond acceptors (Lipinski definition) is 3. The molecule has 1 fully saturated rings. The molecule has 1 aliphatic heterocycles. The summed E-state index contributed by atoms with van der Waals surface area (Å²) >= 11 is 0. The number of rotatable bonds is 5. The second-order valence-corrected chi connectivity index (χ2v) is 4.77. The molecule has 0 radical (unpaired) electrons. The molecule has 1 saturated heterocycles. The summed E-state index contributed by atoms with van der Waals surface area (Å²) in [7, 11) is 1.47. The minimum absolute atomic E-state index is 0.0743. The molecule has 2 atom stereocenters. The predicted molar refractivity (Wildman–Crippen MR) is 68.2 cm³/mol. The van der Waals surface area contributed by atoms with Crippen LogP contribution in [0.15, 0.2) is 18.2 Å². The molecule has 0 saturated carbocycles. The molecule has 2 N–H and O–H groups in total. The van der Waals surface area contributed by atoms with Crippen molar-refractivity contribution in [1.82, 2.24) is 0 Å². The molecule has 2 unspecified atom stereocenters. The average Bonchev–Trinajstić information content (AvgIpc) is 2.84.